The first-order valence-electron chi connectivity index (χ1n) is 4.89. The zero-order valence-corrected chi connectivity index (χ0v) is 10.1. The van der Waals surface area contributed by atoms with Gasteiger partial charge in [-0.1, -0.05) is 0 Å². The molecule has 0 saturated carbocycles. The second-order valence-electron chi connectivity index (χ2n) is 3.85. The third-order valence-electron chi connectivity index (χ3n) is 2.48. The Labute approximate surface area is 90.2 Å². The highest BCUT2D eigenvalue weighted by Crippen LogP contribution is 2.15. The van der Waals surface area contributed by atoms with Crippen molar-refractivity contribution in [3.63, 3.8) is 0 Å². The van der Waals surface area contributed by atoms with Gasteiger partial charge in [0.15, 0.2) is 0 Å². The molecule has 1 aromatic rings. The van der Waals surface area contributed by atoms with Gasteiger partial charge in [0.2, 0.25) is 0 Å². The third kappa shape index (κ3) is 3.36. The van der Waals surface area contributed by atoms with E-state index in [0.717, 1.165) is 6.54 Å². The number of thiazole rings is 1. The van der Waals surface area contributed by atoms with Gasteiger partial charge in [-0.25, -0.2) is 0 Å². The van der Waals surface area contributed by atoms with Gasteiger partial charge in [0, 0.05) is 29.7 Å². The number of aromatic nitrogens is 1. The predicted molar refractivity (Wildman–Crippen MR) is 61.7 cm³/mol. The number of nitrogens with one attached hydrogen (secondary N) is 1. The largest absolute Gasteiger partial charge is 0.308 e. The number of nitrogens with zero attached hydrogens (tertiary/aromatic N) is 2. The fourth-order valence-electron chi connectivity index (χ4n) is 1.07. The molecule has 0 saturated heterocycles. The number of rotatable bonds is 5. The summed E-state index contributed by atoms with van der Waals surface area (Å²) in [7, 11) is 4.20. The van der Waals surface area contributed by atoms with Crippen molar-refractivity contribution in [3.05, 3.63) is 16.6 Å². The van der Waals surface area contributed by atoms with Crippen molar-refractivity contribution in [2.75, 3.05) is 20.6 Å². The van der Waals surface area contributed by atoms with Gasteiger partial charge >= 0.3 is 0 Å². The quantitative estimate of drug-likeness (QED) is 0.807. The van der Waals surface area contributed by atoms with Crippen molar-refractivity contribution in [1.29, 1.82) is 0 Å². The number of hydrogen-bond donors (Lipinski definition) is 1. The molecule has 0 aliphatic carbocycles. The molecule has 1 rings (SSSR count). The van der Waals surface area contributed by atoms with E-state index in [1.54, 1.807) is 11.3 Å². The molecule has 0 bridgehead atoms. The zero-order chi connectivity index (χ0) is 10.6. The van der Waals surface area contributed by atoms with Crippen LogP contribution in [0, 0.1) is 0 Å². The van der Waals surface area contributed by atoms with E-state index in [9.17, 15) is 0 Å². The van der Waals surface area contributed by atoms with Gasteiger partial charge in [-0.15, -0.1) is 11.3 Å². The molecule has 0 amide bonds. The molecule has 0 aliphatic rings. The van der Waals surface area contributed by atoms with E-state index in [1.165, 1.54) is 4.88 Å². The van der Waals surface area contributed by atoms with Gasteiger partial charge < -0.3 is 10.2 Å². The molecule has 80 valence electrons. The summed E-state index contributed by atoms with van der Waals surface area (Å²) < 4.78 is 0. The molecular formula is C10H19N3S. The molecule has 2 atom stereocenters. The molecule has 0 aliphatic heterocycles. The fraction of sp³-hybridized carbons (Fsp3) is 0.700. The number of hydrogen-bond acceptors (Lipinski definition) is 4. The van der Waals surface area contributed by atoms with Crippen molar-refractivity contribution < 1.29 is 0 Å². The molecule has 0 aromatic carbocycles. The molecule has 1 aromatic heterocycles. The standard InChI is InChI=1S/C10H19N3S/c1-8(13(3)4)5-12-9(2)10-6-11-7-14-10/h6-9,12H,5H2,1-4H3. The van der Waals surface area contributed by atoms with Crippen molar-refractivity contribution in [2.24, 2.45) is 0 Å². The Kier molecular flexibility index (Phi) is 4.51. The molecular weight excluding hydrogens is 194 g/mol. The van der Waals surface area contributed by atoms with Gasteiger partial charge in [-0.2, -0.15) is 0 Å². The third-order valence-corrected chi connectivity index (χ3v) is 3.44. The highest BCUT2D eigenvalue weighted by molar-refractivity contribution is 7.09. The van der Waals surface area contributed by atoms with E-state index < -0.39 is 0 Å². The monoisotopic (exact) mass is 213 g/mol. The smallest absolute Gasteiger partial charge is 0.0794 e. The Balaban J connectivity index is 2.32. The van der Waals surface area contributed by atoms with Crippen LogP contribution < -0.4 is 5.32 Å². The Bertz CT molecular complexity index is 246. The van der Waals surface area contributed by atoms with E-state index in [4.69, 9.17) is 0 Å². The van der Waals surface area contributed by atoms with Crippen molar-refractivity contribution in [2.45, 2.75) is 25.9 Å². The summed E-state index contributed by atoms with van der Waals surface area (Å²) in [4.78, 5) is 7.59. The average molecular weight is 213 g/mol. The van der Waals surface area contributed by atoms with Crippen LogP contribution in [0.25, 0.3) is 0 Å². The minimum Gasteiger partial charge on any atom is -0.308 e. The molecule has 0 radical (unpaired) electrons. The Morgan fingerprint density at radius 1 is 1.50 bits per heavy atom. The van der Waals surface area contributed by atoms with E-state index in [2.05, 4.69) is 43.1 Å². The van der Waals surface area contributed by atoms with Gasteiger partial charge in [-0.05, 0) is 27.9 Å². The molecule has 3 nitrogen and oxygen atoms in total. The minimum atomic E-state index is 0.407. The summed E-state index contributed by atoms with van der Waals surface area (Å²) in [5, 5.41) is 3.49. The fourth-order valence-corrected chi connectivity index (χ4v) is 1.72. The first-order valence-corrected chi connectivity index (χ1v) is 5.77. The molecule has 1 heterocycles. The van der Waals surface area contributed by atoms with Gasteiger partial charge in [-0.3, -0.25) is 4.98 Å². The van der Waals surface area contributed by atoms with Crippen LogP contribution in [0.2, 0.25) is 0 Å². The molecule has 4 heteroatoms. The van der Waals surface area contributed by atoms with Crippen LogP contribution >= 0.6 is 11.3 Å². The Hall–Kier alpha value is -0.450. The van der Waals surface area contributed by atoms with Crippen LogP contribution in [0.15, 0.2) is 11.7 Å². The lowest BCUT2D eigenvalue weighted by atomic mass is 10.2. The van der Waals surface area contributed by atoms with E-state index in [-0.39, 0.29) is 0 Å². The first-order chi connectivity index (χ1) is 6.61. The minimum absolute atomic E-state index is 0.407. The van der Waals surface area contributed by atoms with Crippen LogP contribution in [0.3, 0.4) is 0 Å². The molecule has 14 heavy (non-hydrogen) atoms. The van der Waals surface area contributed by atoms with Crippen molar-refractivity contribution in [3.8, 4) is 0 Å². The van der Waals surface area contributed by atoms with Crippen LogP contribution in [0.4, 0.5) is 0 Å². The van der Waals surface area contributed by atoms with Crippen LogP contribution in [0.5, 0.6) is 0 Å². The zero-order valence-electron chi connectivity index (χ0n) is 9.32. The normalized spacial score (nSPS) is 15.8. The van der Waals surface area contributed by atoms with Crippen molar-refractivity contribution >= 4 is 11.3 Å². The van der Waals surface area contributed by atoms with Gasteiger partial charge in [0.05, 0.1) is 5.51 Å². The summed E-state index contributed by atoms with van der Waals surface area (Å²) in [6.07, 6.45) is 1.93. The second-order valence-corrected chi connectivity index (χ2v) is 4.76. The SMILES string of the molecule is CC(NCC(C)N(C)C)c1cncs1. The lowest BCUT2D eigenvalue weighted by molar-refractivity contribution is 0.296. The van der Waals surface area contributed by atoms with Gasteiger partial charge in [0.1, 0.15) is 0 Å². The highest BCUT2D eigenvalue weighted by atomic mass is 32.1. The summed E-state index contributed by atoms with van der Waals surface area (Å²) in [5.74, 6) is 0. The van der Waals surface area contributed by atoms with Crippen LogP contribution in [0.1, 0.15) is 24.8 Å². The van der Waals surface area contributed by atoms with Crippen LogP contribution in [-0.4, -0.2) is 36.6 Å². The van der Waals surface area contributed by atoms with E-state index >= 15 is 0 Å². The molecule has 0 fully saturated rings. The lowest BCUT2D eigenvalue weighted by Crippen LogP contribution is -2.36. The number of likely N-dealkylation sites (N-methyl/N-ethyl adjacent to an activating group) is 1. The maximum atomic E-state index is 4.07. The predicted octanol–water partition coefficient (Wildman–Crippen LogP) is 1.74. The summed E-state index contributed by atoms with van der Waals surface area (Å²) in [5.41, 5.74) is 1.88. The van der Waals surface area contributed by atoms with Crippen LogP contribution in [-0.2, 0) is 0 Å². The van der Waals surface area contributed by atoms with Crippen molar-refractivity contribution in [1.82, 2.24) is 15.2 Å². The second kappa shape index (κ2) is 5.44. The van der Waals surface area contributed by atoms with Gasteiger partial charge in [0.25, 0.3) is 0 Å². The molecule has 2 unspecified atom stereocenters. The van der Waals surface area contributed by atoms with E-state index in [0.29, 0.717) is 12.1 Å². The van der Waals surface area contributed by atoms with E-state index in [1.807, 2.05) is 11.7 Å². The topological polar surface area (TPSA) is 28.2 Å². The summed E-state index contributed by atoms with van der Waals surface area (Å²) >= 11 is 1.70. The highest BCUT2D eigenvalue weighted by Gasteiger charge is 2.09. The first kappa shape index (κ1) is 11.6. The lowest BCUT2D eigenvalue weighted by Gasteiger charge is -2.22. The summed E-state index contributed by atoms with van der Waals surface area (Å²) in [6, 6.07) is 0.968. The summed E-state index contributed by atoms with van der Waals surface area (Å²) in [6.45, 7) is 5.40. The maximum Gasteiger partial charge on any atom is 0.0794 e. The Morgan fingerprint density at radius 2 is 2.21 bits per heavy atom. The molecule has 1 N–H and O–H groups in total. The molecule has 0 spiro atoms. The average Bonchev–Trinajstić information content (AvgIpc) is 2.66. The maximum absolute atomic E-state index is 4.07. The Morgan fingerprint density at radius 3 is 2.71 bits per heavy atom.